The Hall–Kier alpha value is -0.930. The van der Waals surface area contributed by atoms with Gasteiger partial charge in [0.2, 0.25) is 0 Å². The lowest BCUT2D eigenvalue weighted by Gasteiger charge is -2.25. The molecule has 0 saturated carbocycles. The summed E-state index contributed by atoms with van der Waals surface area (Å²) in [4.78, 5) is 0. The van der Waals surface area contributed by atoms with Gasteiger partial charge < -0.3 is 10.5 Å². The highest BCUT2D eigenvalue weighted by Gasteiger charge is 2.30. The van der Waals surface area contributed by atoms with E-state index in [4.69, 9.17) is 10.5 Å². The maximum absolute atomic E-state index is 14.8. The van der Waals surface area contributed by atoms with Gasteiger partial charge in [-0.25, -0.2) is 4.39 Å². The van der Waals surface area contributed by atoms with Gasteiger partial charge in [-0.2, -0.15) is 0 Å². The molecule has 0 radical (unpaired) electrons. The van der Waals surface area contributed by atoms with E-state index in [2.05, 4.69) is 12.1 Å². The number of halogens is 1. The summed E-state index contributed by atoms with van der Waals surface area (Å²) in [5.74, 6) is 0. The van der Waals surface area contributed by atoms with Crippen molar-refractivity contribution in [2.75, 3.05) is 20.3 Å². The fraction of sp³-hybridized carbons (Fsp3) is 0.600. The maximum Gasteiger partial charge on any atom is 0.138 e. The van der Waals surface area contributed by atoms with E-state index in [-0.39, 0.29) is 6.61 Å². The summed E-state index contributed by atoms with van der Waals surface area (Å²) in [5.41, 5.74) is 7.51. The van der Waals surface area contributed by atoms with Crippen LogP contribution in [-0.4, -0.2) is 25.9 Å². The first-order chi connectivity index (χ1) is 8.50. The lowest BCUT2D eigenvalue weighted by molar-refractivity contribution is 0.0333. The van der Waals surface area contributed by atoms with E-state index >= 15 is 0 Å². The smallest absolute Gasteiger partial charge is 0.138 e. The second kappa shape index (κ2) is 6.86. The van der Waals surface area contributed by atoms with Gasteiger partial charge in [0.15, 0.2) is 0 Å². The lowest BCUT2D eigenvalue weighted by atomic mass is 9.89. The van der Waals surface area contributed by atoms with Crippen LogP contribution >= 0.6 is 0 Å². The molecule has 0 aliphatic carbocycles. The van der Waals surface area contributed by atoms with Crippen LogP contribution in [0.15, 0.2) is 18.2 Å². The molecule has 1 unspecified atom stereocenters. The van der Waals surface area contributed by atoms with Crippen LogP contribution in [0.5, 0.6) is 0 Å². The van der Waals surface area contributed by atoms with Crippen LogP contribution in [0.2, 0.25) is 0 Å². The van der Waals surface area contributed by atoms with E-state index in [9.17, 15) is 4.39 Å². The van der Waals surface area contributed by atoms with E-state index in [0.29, 0.717) is 25.8 Å². The molecule has 2 N–H and O–H groups in total. The van der Waals surface area contributed by atoms with E-state index in [0.717, 1.165) is 16.7 Å². The number of nitrogens with two attached hydrogens (primary N) is 1. The highest BCUT2D eigenvalue weighted by atomic mass is 19.1. The monoisotopic (exact) mass is 253 g/mol. The number of hydrogen-bond donors (Lipinski definition) is 1. The summed E-state index contributed by atoms with van der Waals surface area (Å²) in [5, 5.41) is 0. The predicted octanol–water partition coefficient (Wildman–Crippen LogP) is 2.94. The van der Waals surface area contributed by atoms with E-state index in [1.165, 1.54) is 0 Å². The summed E-state index contributed by atoms with van der Waals surface area (Å²) in [6.07, 6.45) is 1.53. The van der Waals surface area contributed by atoms with Gasteiger partial charge in [-0.1, -0.05) is 23.8 Å². The van der Waals surface area contributed by atoms with Crippen molar-refractivity contribution in [2.24, 2.45) is 5.73 Å². The zero-order valence-electron chi connectivity index (χ0n) is 11.6. The van der Waals surface area contributed by atoms with E-state index < -0.39 is 5.67 Å². The molecule has 3 heteroatoms. The minimum Gasteiger partial charge on any atom is -0.381 e. The largest absolute Gasteiger partial charge is 0.381 e. The van der Waals surface area contributed by atoms with Crippen LogP contribution in [0.4, 0.5) is 4.39 Å². The molecule has 1 aromatic rings. The van der Waals surface area contributed by atoms with E-state index in [1.54, 1.807) is 7.11 Å². The Labute approximate surface area is 109 Å². The molecule has 102 valence electrons. The van der Waals surface area contributed by atoms with Crippen molar-refractivity contribution in [3.8, 4) is 0 Å². The molecule has 0 amide bonds. The Morgan fingerprint density at radius 1 is 1.33 bits per heavy atom. The van der Waals surface area contributed by atoms with Gasteiger partial charge in [0.05, 0.1) is 6.61 Å². The van der Waals surface area contributed by atoms with Gasteiger partial charge >= 0.3 is 0 Å². The average molecular weight is 253 g/mol. The molecule has 0 bridgehead atoms. The second-order valence-corrected chi connectivity index (χ2v) is 5.08. The Bertz CT molecular complexity index is 381. The van der Waals surface area contributed by atoms with Crippen molar-refractivity contribution < 1.29 is 9.13 Å². The first kappa shape index (κ1) is 15.1. The lowest BCUT2D eigenvalue weighted by Crippen LogP contribution is -2.32. The van der Waals surface area contributed by atoms with Gasteiger partial charge in [0, 0.05) is 13.5 Å². The summed E-state index contributed by atoms with van der Waals surface area (Å²) in [7, 11) is 1.54. The average Bonchev–Trinajstić information content (AvgIpc) is 2.32. The highest BCUT2D eigenvalue weighted by molar-refractivity contribution is 5.31. The Balaban J connectivity index is 2.84. The first-order valence-electron chi connectivity index (χ1n) is 6.45. The number of methoxy groups -OCH3 is 1. The molecule has 18 heavy (non-hydrogen) atoms. The molecule has 2 nitrogen and oxygen atoms in total. The van der Waals surface area contributed by atoms with Gasteiger partial charge in [-0.05, 0) is 44.4 Å². The van der Waals surface area contributed by atoms with Crippen LogP contribution in [-0.2, 0) is 11.2 Å². The molecule has 0 aromatic heterocycles. The molecule has 0 heterocycles. The van der Waals surface area contributed by atoms with Crippen LogP contribution < -0.4 is 5.73 Å². The van der Waals surface area contributed by atoms with Crippen LogP contribution in [0.1, 0.15) is 29.5 Å². The summed E-state index contributed by atoms with van der Waals surface area (Å²) >= 11 is 0. The number of benzene rings is 1. The van der Waals surface area contributed by atoms with Crippen molar-refractivity contribution in [3.63, 3.8) is 0 Å². The quantitative estimate of drug-likeness (QED) is 0.811. The Kier molecular flexibility index (Phi) is 5.76. The molecular formula is C15H24FNO. The fourth-order valence-electron chi connectivity index (χ4n) is 2.22. The predicted molar refractivity (Wildman–Crippen MR) is 73.6 cm³/mol. The first-order valence-corrected chi connectivity index (χ1v) is 6.45. The number of ether oxygens (including phenoxy) is 1. The summed E-state index contributed by atoms with van der Waals surface area (Å²) in [6, 6.07) is 6.15. The Morgan fingerprint density at radius 2 is 2.06 bits per heavy atom. The highest BCUT2D eigenvalue weighted by Crippen LogP contribution is 2.26. The summed E-state index contributed by atoms with van der Waals surface area (Å²) < 4.78 is 19.8. The van der Waals surface area contributed by atoms with Crippen molar-refractivity contribution in [3.05, 3.63) is 34.9 Å². The molecule has 1 rings (SSSR count). The van der Waals surface area contributed by atoms with E-state index in [1.807, 2.05) is 19.9 Å². The zero-order chi connectivity index (χ0) is 13.6. The van der Waals surface area contributed by atoms with Crippen molar-refractivity contribution in [2.45, 2.75) is 38.8 Å². The SMILES string of the molecule is COCC(F)(CCCN)Cc1cc(C)ccc1C. The number of rotatable bonds is 7. The number of aryl methyl sites for hydroxylation is 2. The number of hydrogen-bond acceptors (Lipinski definition) is 2. The van der Waals surface area contributed by atoms with Gasteiger partial charge in [0.25, 0.3) is 0 Å². The normalized spacial score (nSPS) is 14.5. The molecule has 0 fully saturated rings. The van der Waals surface area contributed by atoms with Crippen LogP contribution in [0.25, 0.3) is 0 Å². The second-order valence-electron chi connectivity index (χ2n) is 5.08. The van der Waals surface area contributed by atoms with Crippen molar-refractivity contribution in [1.82, 2.24) is 0 Å². The van der Waals surface area contributed by atoms with Crippen LogP contribution in [0, 0.1) is 13.8 Å². The van der Waals surface area contributed by atoms with Gasteiger partial charge in [-0.3, -0.25) is 0 Å². The third kappa shape index (κ3) is 4.39. The molecule has 0 aliphatic rings. The molecular weight excluding hydrogens is 229 g/mol. The third-order valence-corrected chi connectivity index (χ3v) is 3.24. The topological polar surface area (TPSA) is 35.2 Å². The fourth-order valence-corrected chi connectivity index (χ4v) is 2.22. The molecule has 0 saturated heterocycles. The van der Waals surface area contributed by atoms with Gasteiger partial charge in [-0.15, -0.1) is 0 Å². The zero-order valence-corrected chi connectivity index (χ0v) is 11.6. The molecule has 0 aliphatic heterocycles. The number of alkyl halides is 1. The third-order valence-electron chi connectivity index (χ3n) is 3.24. The summed E-state index contributed by atoms with van der Waals surface area (Å²) in [6.45, 7) is 4.69. The van der Waals surface area contributed by atoms with Crippen LogP contribution in [0.3, 0.4) is 0 Å². The minimum absolute atomic E-state index is 0.125. The Morgan fingerprint density at radius 3 is 2.67 bits per heavy atom. The minimum atomic E-state index is -1.31. The molecule has 1 aromatic carbocycles. The standard InChI is InChI=1S/C15H24FNO/c1-12-5-6-13(2)14(9-12)10-15(16,11-18-3)7-4-8-17/h5-6,9H,4,7-8,10-11,17H2,1-3H3. The maximum atomic E-state index is 14.8. The van der Waals surface area contributed by atoms with Crippen molar-refractivity contribution >= 4 is 0 Å². The van der Waals surface area contributed by atoms with Gasteiger partial charge in [0.1, 0.15) is 5.67 Å². The van der Waals surface area contributed by atoms with Crippen molar-refractivity contribution in [1.29, 1.82) is 0 Å². The molecule has 0 spiro atoms. The molecule has 1 atom stereocenters.